The van der Waals surface area contributed by atoms with Crippen molar-refractivity contribution >= 4 is 34.7 Å². The number of nitrogens with zero attached hydrogens (tertiary/aromatic N) is 1. The molecule has 0 spiro atoms. The van der Waals surface area contributed by atoms with E-state index in [4.69, 9.17) is 11.6 Å². The average molecular weight is 425 g/mol. The Hall–Kier alpha value is -2.30. The van der Waals surface area contributed by atoms with Gasteiger partial charge in [-0.15, -0.1) is 11.3 Å². The maximum Gasteiger partial charge on any atom is 0.322 e. The Kier molecular flexibility index (Phi) is 5.66. The molecule has 0 radical (unpaired) electrons. The molecule has 0 unspecified atom stereocenters. The third-order valence-corrected chi connectivity index (χ3v) is 7.16. The number of amides is 2. The predicted molar refractivity (Wildman–Crippen MR) is 122 cm³/mol. The van der Waals surface area contributed by atoms with Gasteiger partial charge in [0.15, 0.2) is 0 Å². The quantitative estimate of drug-likeness (QED) is 0.494. The Morgan fingerprint density at radius 1 is 1.21 bits per heavy atom. The fraction of sp³-hybridized carbons (Fsp3) is 0.292. The number of rotatable bonds is 3. The Morgan fingerprint density at radius 2 is 1.97 bits per heavy atom. The van der Waals surface area contributed by atoms with Crippen LogP contribution in [0, 0.1) is 13.8 Å². The number of thiophene rings is 1. The van der Waals surface area contributed by atoms with Crippen LogP contribution in [0.25, 0.3) is 0 Å². The number of nitrogens with one attached hydrogen (secondary N) is 1. The van der Waals surface area contributed by atoms with E-state index in [1.807, 2.05) is 59.6 Å². The SMILES string of the molecule is CCc1c(C)sc2c1CCN(C(=O)Nc1ccc(C)cc1Cl)[C@H]2c1ccccc1. The summed E-state index contributed by atoms with van der Waals surface area (Å²) in [5, 5.41) is 3.60. The summed E-state index contributed by atoms with van der Waals surface area (Å²) >= 11 is 8.19. The van der Waals surface area contributed by atoms with Crippen LogP contribution < -0.4 is 5.32 Å². The predicted octanol–water partition coefficient (Wildman–Crippen LogP) is 6.76. The summed E-state index contributed by atoms with van der Waals surface area (Å²) in [4.78, 5) is 17.9. The molecule has 1 N–H and O–H groups in total. The summed E-state index contributed by atoms with van der Waals surface area (Å²) in [5.74, 6) is 0. The van der Waals surface area contributed by atoms with E-state index in [1.165, 1.54) is 20.9 Å². The monoisotopic (exact) mass is 424 g/mol. The maximum absolute atomic E-state index is 13.3. The first-order valence-corrected chi connectivity index (χ1v) is 11.2. The summed E-state index contributed by atoms with van der Waals surface area (Å²) in [6, 6.07) is 15.8. The zero-order valence-corrected chi connectivity index (χ0v) is 18.5. The lowest BCUT2D eigenvalue weighted by atomic mass is 9.92. The first-order valence-electron chi connectivity index (χ1n) is 9.99. The van der Waals surface area contributed by atoms with Gasteiger partial charge in [0, 0.05) is 16.3 Å². The van der Waals surface area contributed by atoms with Crippen LogP contribution in [0.5, 0.6) is 0 Å². The lowest BCUT2D eigenvalue weighted by molar-refractivity contribution is 0.195. The number of hydrogen-bond donors (Lipinski definition) is 1. The largest absolute Gasteiger partial charge is 0.322 e. The van der Waals surface area contributed by atoms with Gasteiger partial charge in [-0.2, -0.15) is 0 Å². The molecule has 1 aliphatic heterocycles. The number of aryl methyl sites for hydroxylation is 2. The molecule has 1 aromatic heterocycles. The minimum absolute atomic E-state index is 0.0758. The summed E-state index contributed by atoms with van der Waals surface area (Å²) in [7, 11) is 0. The number of halogens is 1. The van der Waals surface area contributed by atoms with E-state index in [1.54, 1.807) is 0 Å². The minimum Gasteiger partial charge on any atom is -0.312 e. The molecule has 0 fully saturated rings. The van der Waals surface area contributed by atoms with E-state index < -0.39 is 0 Å². The van der Waals surface area contributed by atoms with E-state index >= 15 is 0 Å². The average Bonchev–Trinajstić information content (AvgIpc) is 3.04. The number of benzene rings is 2. The molecular weight excluding hydrogens is 400 g/mol. The zero-order valence-electron chi connectivity index (χ0n) is 17.0. The molecule has 3 aromatic rings. The van der Waals surface area contributed by atoms with E-state index in [0.29, 0.717) is 17.3 Å². The second kappa shape index (κ2) is 8.21. The van der Waals surface area contributed by atoms with Gasteiger partial charge < -0.3 is 10.2 Å². The van der Waals surface area contributed by atoms with Gasteiger partial charge in [0.05, 0.1) is 16.8 Å². The summed E-state index contributed by atoms with van der Waals surface area (Å²) in [6.45, 7) is 7.08. The van der Waals surface area contributed by atoms with E-state index in [9.17, 15) is 4.79 Å². The molecule has 3 nitrogen and oxygen atoms in total. The van der Waals surface area contributed by atoms with Crippen molar-refractivity contribution in [2.45, 2.75) is 39.7 Å². The smallest absolute Gasteiger partial charge is 0.312 e. The van der Waals surface area contributed by atoms with Crippen molar-refractivity contribution in [3.8, 4) is 0 Å². The second-order valence-electron chi connectivity index (χ2n) is 7.50. The van der Waals surface area contributed by atoms with Gasteiger partial charge in [-0.05, 0) is 61.1 Å². The third kappa shape index (κ3) is 3.79. The highest BCUT2D eigenvalue weighted by molar-refractivity contribution is 7.12. The standard InChI is InChI=1S/C24H25ClN2OS/c1-4-18-16(3)29-23-19(18)12-13-27(22(23)17-8-6-5-7-9-17)24(28)26-21-11-10-15(2)14-20(21)25/h5-11,14,22H,4,12-13H2,1-3H3,(H,26,28)/t22-/m0/s1. The highest BCUT2D eigenvalue weighted by atomic mass is 35.5. The van der Waals surface area contributed by atoms with Crippen LogP contribution in [0.4, 0.5) is 10.5 Å². The fourth-order valence-corrected chi connectivity index (χ4v) is 5.93. The molecule has 4 rings (SSSR count). The normalized spacial score (nSPS) is 15.9. The third-order valence-electron chi connectivity index (χ3n) is 5.61. The molecule has 2 aromatic carbocycles. The lowest BCUT2D eigenvalue weighted by Gasteiger charge is -2.36. The molecule has 1 atom stereocenters. The van der Waals surface area contributed by atoms with Crippen LogP contribution in [0.3, 0.4) is 0 Å². The lowest BCUT2D eigenvalue weighted by Crippen LogP contribution is -2.42. The number of urea groups is 1. The van der Waals surface area contributed by atoms with Crippen molar-refractivity contribution in [3.05, 3.63) is 85.6 Å². The van der Waals surface area contributed by atoms with Crippen molar-refractivity contribution < 1.29 is 4.79 Å². The van der Waals surface area contributed by atoms with Crippen LogP contribution >= 0.6 is 22.9 Å². The Balaban J connectivity index is 1.72. The van der Waals surface area contributed by atoms with Gasteiger partial charge >= 0.3 is 6.03 Å². The van der Waals surface area contributed by atoms with Crippen LogP contribution in [-0.2, 0) is 12.8 Å². The number of carbonyl (C=O) groups excluding carboxylic acids is 1. The summed E-state index contributed by atoms with van der Waals surface area (Å²) in [5.41, 5.74) is 5.74. The molecule has 0 saturated carbocycles. The number of carbonyl (C=O) groups is 1. The van der Waals surface area contributed by atoms with Gasteiger partial charge in [-0.1, -0.05) is 54.9 Å². The number of hydrogen-bond acceptors (Lipinski definition) is 2. The van der Waals surface area contributed by atoms with Crippen LogP contribution in [0.2, 0.25) is 5.02 Å². The van der Waals surface area contributed by atoms with Crippen molar-refractivity contribution in [1.29, 1.82) is 0 Å². The Labute approximate surface area is 181 Å². The number of anilines is 1. The topological polar surface area (TPSA) is 32.3 Å². The van der Waals surface area contributed by atoms with Gasteiger partial charge in [0.25, 0.3) is 0 Å². The molecule has 1 aliphatic rings. The fourth-order valence-electron chi connectivity index (χ4n) is 4.20. The highest BCUT2D eigenvalue weighted by Gasteiger charge is 2.35. The molecular formula is C24H25ClN2OS. The molecule has 150 valence electrons. The second-order valence-corrected chi connectivity index (χ2v) is 9.17. The van der Waals surface area contributed by atoms with Crippen LogP contribution in [0.1, 0.15) is 45.0 Å². The van der Waals surface area contributed by atoms with Crippen molar-refractivity contribution in [1.82, 2.24) is 4.90 Å². The molecule has 0 aliphatic carbocycles. The zero-order chi connectivity index (χ0) is 20.5. The van der Waals surface area contributed by atoms with Gasteiger partial charge in [-0.3, -0.25) is 0 Å². The first kappa shape index (κ1) is 20.0. The first-order chi connectivity index (χ1) is 14.0. The molecule has 0 saturated heterocycles. The van der Waals surface area contributed by atoms with Gasteiger partial charge in [-0.25, -0.2) is 4.79 Å². The summed E-state index contributed by atoms with van der Waals surface area (Å²) in [6.07, 6.45) is 1.92. The minimum atomic E-state index is -0.112. The Bertz CT molecular complexity index is 1040. The van der Waals surface area contributed by atoms with E-state index in [0.717, 1.165) is 24.0 Å². The van der Waals surface area contributed by atoms with Gasteiger partial charge in [0.2, 0.25) is 0 Å². The molecule has 5 heteroatoms. The van der Waals surface area contributed by atoms with Crippen molar-refractivity contribution in [2.24, 2.45) is 0 Å². The molecule has 0 bridgehead atoms. The van der Waals surface area contributed by atoms with Crippen molar-refractivity contribution in [2.75, 3.05) is 11.9 Å². The number of fused-ring (bicyclic) bond motifs is 1. The van der Waals surface area contributed by atoms with E-state index in [-0.39, 0.29) is 12.1 Å². The highest BCUT2D eigenvalue weighted by Crippen LogP contribution is 2.43. The summed E-state index contributed by atoms with van der Waals surface area (Å²) < 4.78 is 0. The molecule has 2 amide bonds. The van der Waals surface area contributed by atoms with Crippen molar-refractivity contribution in [3.63, 3.8) is 0 Å². The Morgan fingerprint density at radius 3 is 2.66 bits per heavy atom. The van der Waals surface area contributed by atoms with Crippen LogP contribution in [-0.4, -0.2) is 17.5 Å². The maximum atomic E-state index is 13.3. The molecule has 29 heavy (non-hydrogen) atoms. The van der Waals surface area contributed by atoms with E-state index in [2.05, 4.69) is 31.3 Å². The molecule has 2 heterocycles. The van der Waals surface area contributed by atoms with Gasteiger partial charge in [0.1, 0.15) is 0 Å². The van der Waals surface area contributed by atoms with Crippen LogP contribution in [0.15, 0.2) is 48.5 Å².